The highest BCUT2D eigenvalue weighted by molar-refractivity contribution is 6.14. The van der Waals surface area contributed by atoms with E-state index in [9.17, 15) is 9.59 Å². The minimum Gasteiger partial charge on any atom is -0.497 e. The summed E-state index contributed by atoms with van der Waals surface area (Å²) in [4.78, 5) is 25.1. The van der Waals surface area contributed by atoms with Crippen LogP contribution in [0.4, 0.5) is 11.4 Å². The summed E-state index contributed by atoms with van der Waals surface area (Å²) in [6.45, 7) is 1.91. The minimum absolute atomic E-state index is 0.0236. The van der Waals surface area contributed by atoms with E-state index in [0.29, 0.717) is 46.7 Å². The third-order valence-electron chi connectivity index (χ3n) is 4.20. The van der Waals surface area contributed by atoms with Crippen LogP contribution < -0.4 is 20.1 Å². The van der Waals surface area contributed by atoms with E-state index in [0.717, 1.165) is 0 Å². The highest BCUT2D eigenvalue weighted by atomic mass is 16.5. The van der Waals surface area contributed by atoms with Crippen molar-refractivity contribution in [2.24, 2.45) is 0 Å². The number of amides is 2. The van der Waals surface area contributed by atoms with Gasteiger partial charge in [-0.25, -0.2) is 0 Å². The summed E-state index contributed by atoms with van der Waals surface area (Å²) in [5.41, 5.74) is 1.30. The molecule has 0 saturated heterocycles. The molecule has 0 aliphatic rings. The molecule has 0 radical (unpaired) electrons. The van der Waals surface area contributed by atoms with Crippen molar-refractivity contribution in [1.29, 1.82) is 0 Å². The van der Waals surface area contributed by atoms with Crippen molar-refractivity contribution in [3.63, 3.8) is 0 Å². The average Bonchev–Trinajstić information content (AvgIpc) is 3.06. The van der Waals surface area contributed by atoms with Crippen molar-refractivity contribution >= 4 is 34.2 Å². The second kappa shape index (κ2) is 8.47. The first-order valence-electron chi connectivity index (χ1n) is 8.92. The van der Waals surface area contributed by atoms with Gasteiger partial charge in [-0.05, 0) is 30.7 Å². The molecule has 0 saturated carbocycles. The molecule has 0 aliphatic heterocycles. The molecule has 146 valence electrons. The molecule has 0 atom stereocenters. The summed E-state index contributed by atoms with van der Waals surface area (Å²) in [6, 6.07) is 12.2. The Balaban J connectivity index is 1.98. The van der Waals surface area contributed by atoms with Crippen molar-refractivity contribution in [2.45, 2.75) is 19.8 Å². The Kier molecular flexibility index (Phi) is 5.84. The van der Waals surface area contributed by atoms with E-state index in [1.807, 2.05) is 13.0 Å². The molecular formula is C21H22N2O5. The number of ether oxygens (including phenoxy) is 2. The van der Waals surface area contributed by atoms with Gasteiger partial charge in [0.2, 0.25) is 11.7 Å². The average molecular weight is 382 g/mol. The Hall–Kier alpha value is -3.48. The molecule has 0 spiro atoms. The van der Waals surface area contributed by atoms with Crippen molar-refractivity contribution in [1.82, 2.24) is 0 Å². The molecule has 7 heteroatoms. The van der Waals surface area contributed by atoms with Crippen LogP contribution in [0.25, 0.3) is 11.0 Å². The van der Waals surface area contributed by atoms with Crippen LogP contribution in [0.15, 0.2) is 46.9 Å². The van der Waals surface area contributed by atoms with E-state index in [-0.39, 0.29) is 11.7 Å². The first-order chi connectivity index (χ1) is 13.6. The molecule has 3 rings (SSSR count). The fourth-order valence-corrected chi connectivity index (χ4v) is 2.85. The lowest BCUT2D eigenvalue weighted by molar-refractivity contribution is -0.116. The number of hydrogen-bond acceptors (Lipinski definition) is 5. The zero-order chi connectivity index (χ0) is 20.1. The van der Waals surface area contributed by atoms with E-state index in [4.69, 9.17) is 13.9 Å². The number of benzene rings is 2. The predicted octanol–water partition coefficient (Wildman–Crippen LogP) is 4.44. The lowest BCUT2D eigenvalue weighted by Crippen LogP contribution is -2.17. The third-order valence-corrected chi connectivity index (χ3v) is 4.20. The van der Waals surface area contributed by atoms with Crippen molar-refractivity contribution in [3.8, 4) is 11.5 Å². The largest absolute Gasteiger partial charge is 0.497 e. The molecule has 3 aromatic rings. The second-order valence-electron chi connectivity index (χ2n) is 6.12. The maximum absolute atomic E-state index is 13.0. The van der Waals surface area contributed by atoms with Crippen LogP contribution >= 0.6 is 0 Å². The van der Waals surface area contributed by atoms with Gasteiger partial charge in [-0.15, -0.1) is 0 Å². The molecule has 0 unspecified atom stereocenters. The van der Waals surface area contributed by atoms with E-state index >= 15 is 0 Å². The van der Waals surface area contributed by atoms with Crippen molar-refractivity contribution in [3.05, 3.63) is 48.2 Å². The highest BCUT2D eigenvalue weighted by Gasteiger charge is 2.23. The zero-order valence-corrected chi connectivity index (χ0v) is 16.0. The fraction of sp³-hybridized carbons (Fsp3) is 0.238. The van der Waals surface area contributed by atoms with E-state index in [1.54, 1.807) is 36.4 Å². The Morgan fingerprint density at radius 2 is 1.82 bits per heavy atom. The summed E-state index contributed by atoms with van der Waals surface area (Å²) in [5.74, 6) is 0.381. The summed E-state index contributed by atoms with van der Waals surface area (Å²) >= 11 is 0. The number of fused-ring (bicyclic) bond motifs is 1. The number of para-hydroxylation sites is 1. The van der Waals surface area contributed by atoms with Gasteiger partial charge in [-0.1, -0.05) is 19.1 Å². The highest BCUT2D eigenvalue weighted by Crippen LogP contribution is 2.34. The molecule has 0 bridgehead atoms. The Labute approximate surface area is 162 Å². The second-order valence-corrected chi connectivity index (χ2v) is 6.12. The van der Waals surface area contributed by atoms with Gasteiger partial charge in [0.05, 0.1) is 19.9 Å². The summed E-state index contributed by atoms with van der Waals surface area (Å²) in [6.07, 6.45) is 1.05. The van der Waals surface area contributed by atoms with Crippen LogP contribution in [0.5, 0.6) is 11.5 Å². The van der Waals surface area contributed by atoms with Crippen LogP contribution in [0, 0.1) is 0 Å². The van der Waals surface area contributed by atoms with E-state index in [2.05, 4.69) is 10.6 Å². The minimum atomic E-state index is -0.505. The molecule has 1 aromatic heterocycles. The van der Waals surface area contributed by atoms with Crippen LogP contribution in [0.2, 0.25) is 0 Å². The number of nitrogens with one attached hydrogen (secondary N) is 2. The number of furan rings is 1. The fourth-order valence-electron chi connectivity index (χ4n) is 2.85. The molecule has 7 nitrogen and oxygen atoms in total. The number of hydrogen-bond donors (Lipinski definition) is 2. The van der Waals surface area contributed by atoms with Crippen LogP contribution in [-0.4, -0.2) is 26.0 Å². The number of methoxy groups -OCH3 is 2. The van der Waals surface area contributed by atoms with Gasteiger partial charge in [-0.2, -0.15) is 0 Å². The summed E-state index contributed by atoms with van der Waals surface area (Å²) in [5, 5.41) is 6.23. The molecule has 2 N–H and O–H groups in total. The molecule has 1 heterocycles. The Bertz CT molecular complexity index is 1010. The van der Waals surface area contributed by atoms with Gasteiger partial charge >= 0.3 is 0 Å². The van der Waals surface area contributed by atoms with E-state index in [1.165, 1.54) is 14.2 Å². The SMILES string of the molecule is CCCC(=O)Nc1c(C(=O)Nc2cc(OC)ccc2OC)oc2ccccc12. The summed E-state index contributed by atoms with van der Waals surface area (Å²) < 4.78 is 16.2. The number of rotatable bonds is 7. The molecule has 2 aromatic carbocycles. The van der Waals surface area contributed by atoms with Gasteiger partial charge in [0, 0.05) is 17.9 Å². The van der Waals surface area contributed by atoms with Crippen molar-refractivity contribution in [2.75, 3.05) is 24.9 Å². The first-order valence-corrected chi connectivity index (χ1v) is 8.92. The van der Waals surface area contributed by atoms with Crippen LogP contribution in [-0.2, 0) is 4.79 Å². The lowest BCUT2D eigenvalue weighted by atomic mass is 10.2. The lowest BCUT2D eigenvalue weighted by Gasteiger charge is -2.12. The van der Waals surface area contributed by atoms with Gasteiger partial charge in [0.15, 0.2) is 0 Å². The molecule has 28 heavy (non-hydrogen) atoms. The maximum atomic E-state index is 13.0. The van der Waals surface area contributed by atoms with Crippen LogP contribution in [0.3, 0.4) is 0 Å². The summed E-state index contributed by atoms with van der Waals surface area (Å²) in [7, 11) is 3.04. The number of carbonyl (C=O) groups is 2. The smallest absolute Gasteiger partial charge is 0.293 e. The third kappa shape index (κ3) is 3.93. The molecule has 2 amide bonds. The van der Waals surface area contributed by atoms with Gasteiger partial charge in [0.1, 0.15) is 22.8 Å². The predicted molar refractivity (Wildman–Crippen MR) is 107 cm³/mol. The first kappa shape index (κ1) is 19.3. The van der Waals surface area contributed by atoms with Gasteiger partial charge in [0.25, 0.3) is 5.91 Å². The maximum Gasteiger partial charge on any atom is 0.293 e. The van der Waals surface area contributed by atoms with E-state index < -0.39 is 5.91 Å². The Morgan fingerprint density at radius 3 is 2.54 bits per heavy atom. The zero-order valence-electron chi connectivity index (χ0n) is 16.0. The van der Waals surface area contributed by atoms with Crippen LogP contribution in [0.1, 0.15) is 30.3 Å². The number of carbonyl (C=O) groups excluding carboxylic acids is 2. The molecule has 0 fully saturated rings. The topological polar surface area (TPSA) is 89.8 Å². The quantitative estimate of drug-likeness (QED) is 0.630. The molecule has 0 aliphatic carbocycles. The number of anilines is 2. The van der Waals surface area contributed by atoms with Gasteiger partial charge < -0.3 is 24.5 Å². The van der Waals surface area contributed by atoms with Gasteiger partial charge in [-0.3, -0.25) is 9.59 Å². The Morgan fingerprint density at radius 1 is 1.04 bits per heavy atom. The normalized spacial score (nSPS) is 10.5. The molecular weight excluding hydrogens is 360 g/mol. The monoisotopic (exact) mass is 382 g/mol. The van der Waals surface area contributed by atoms with Crippen molar-refractivity contribution < 1.29 is 23.5 Å². The standard InChI is InChI=1S/C21H22N2O5/c1-4-7-18(24)23-19-14-8-5-6-9-16(14)28-20(19)21(25)22-15-12-13(26-2)10-11-17(15)27-3/h5-6,8-12H,4,7H2,1-3H3,(H,22,25)(H,23,24).